The summed E-state index contributed by atoms with van der Waals surface area (Å²) in [7, 11) is 0. The molecule has 5 nitrogen and oxygen atoms in total. The minimum Gasteiger partial charge on any atom is -0.465 e. The summed E-state index contributed by atoms with van der Waals surface area (Å²) in [6.07, 6.45) is 0.416. The number of amides is 1. The Labute approximate surface area is 82.6 Å². The number of aldehydes is 1. The van der Waals surface area contributed by atoms with E-state index in [9.17, 15) is 9.59 Å². The van der Waals surface area contributed by atoms with Crippen molar-refractivity contribution in [3.05, 3.63) is 0 Å². The molecule has 1 rings (SSSR count). The lowest BCUT2D eigenvalue weighted by molar-refractivity contribution is -0.118. The molecule has 1 N–H and O–H groups in total. The van der Waals surface area contributed by atoms with Gasteiger partial charge in [0.2, 0.25) is 0 Å². The van der Waals surface area contributed by atoms with E-state index in [1.54, 1.807) is 0 Å². The van der Waals surface area contributed by atoms with Gasteiger partial charge in [-0.3, -0.25) is 0 Å². The Balaban J connectivity index is 2.56. The second kappa shape index (κ2) is 4.41. The highest BCUT2D eigenvalue weighted by Gasteiger charge is 2.40. The first kappa shape index (κ1) is 11.0. The van der Waals surface area contributed by atoms with E-state index in [2.05, 4.69) is 0 Å². The molecule has 14 heavy (non-hydrogen) atoms. The molecular weight excluding hydrogens is 186 g/mol. The van der Waals surface area contributed by atoms with Gasteiger partial charge in [0.15, 0.2) is 0 Å². The van der Waals surface area contributed by atoms with Crippen molar-refractivity contribution in [2.45, 2.75) is 13.3 Å². The van der Waals surface area contributed by atoms with Crippen molar-refractivity contribution < 1.29 is 19.4 Å². The number of hydrogen-bond acceptors (Lipinski definition) is 3. The van der Waals surface area contributed by atoms with Gasteiger partial charge in [-0.2, -0.15) is 0 Å². The van der Waals surface area contributed by atoms with Gasteiger partial charge < -0.3 is 19.5 Å². The summed E-state index contributed by atoms with van der Waals surface area (Å²) < 4.78 is 5.19. The monoisotopic (exact) mass is 201 g/mol. The van der Waals surface area contributed by atoms with Crippen LogP contribution in [0.15, 0.2) is 0 Å². The van der Waals surface area contributed by atoms with Crippen molar-refractivity contribution in [3.8, 4) is 0 Å². The van der Waals surface area contributed by atoms with Crippen LogP contribution in [0.25, 0.3) is 0 Å². The van der Waals surface area contributed by atoms with Gasteiger partial charge in [0.05, 0.1) is 12.0 Å². The molecule has 80 valence electrons. The van der Waals surface area contributed by atoms with Crippen LogP contribution in [0.1, 0.15) is 13.3 Å². The van der Waals surface area contributed by atoms with Crippen LogP contribution in [0.3, 0.4) is 0 Å². The molecule has 0 aromatic heterocycles. The molecule has 0 bridgehead atoms. The van der Waals surface area contributed by atoms with Gasteiger partial charge in [0.1, 0.15) is 6.29 Å². The third kappa shape index (κ3) is 2.23. The first-order valence-corrected chi connectivity index (χ1v) is 4.65. The van der Waals surface area contributed by atoms with Crippen LogP contribution in [0.4, 0.5) is 4.79 Å². The highest BCUT2D eigenvalue weighted by Crippen LogP contribution is 2.28. The number of carbonyl (C=O) groups excluding carboxylic acids is 1. The molecule has 1 aliphatic rings. The molecule has 1 fully saturated rings. The molecule has 0 aromatic carbocycles. The fourth-order valence-corrected chi connectivity index (χ4v) is 1.61. The molecular formula is C9H15NO4. The molecule has 0 saturated carbocycles. The SMILES string of the molecule is CCOCC1(C=O)CCN(C(=O)O)C1. The second-order valence-electron chi connectivity index (χ2n) is 3.57. The van der Waals surface area contributed by atoms with E-state index in [-0.39, 0.29) is 6.54 Å². The zero-order valence-corrected chi connectivity index (χ0v) is 8.23. The summed E-state index contributed by atoms with van der Waals surface area (Å²) in [5.41, 5.74) is -0.617. The van der Waals surface area contributed by atoms with E-state index in [0.717, 1.165) is 6.29 Å². The van der Waals surface area contributed by atoms with Crippen molar-refractivity contribution in [3.63, 3.8) is 0 Å². The van der Waals surface area contributed by atoms with Crippen LogP contribution in [0.2, 0.25) is 0 Å². The normalized spacial score (nSPS) is 26.5. The maximum Gasteiger partial charge on any atom is 0.407 e. The smallest absolute Gasteiger partial charge is 0.407 e. The standard InChI is InChI=1S/C9H15NO4/c1-2-14-7-9(6-11)3-4-10(5-9)8(12)13/h6H,2-5,7H2,1H3,(H,12,13). The van der Waals surface area contributed by atoms with Crippen LogP contribution >= 0.6 is 0 Å². The van der Waals surface area contributed by atoms with Crippen LogP contribution in [-0.2, 0) is 9.53 Å². The number of ether oxygens (including phenoxy) is 1. The van der Waals surface area contributed by atoms with Crippen LogP contribution in [0, 0.1) is 5.41 Å². The maximum absolute atomic E-state index is 10.9. The lowest BCUT2D eigenvalue weighted by atomic mass is 9.90. The molecule has 0 aliphatic carbocycles. The number of nitrogens with zero attached hydrogens (tertiary/aromatic N) is 1. The highest BCUT2D eigenvalue weighted by atomic mass is 16.5. The first-order valence-electron chi connectivity index (χ1n) is 4.65. The molecule has 1 atom stereocenters. The van der Waals surface area contributed by atoms with E-state index < -0.39 is 11.5 Å². The Morgan fingerprint density at radius 1 is 1.71 bits per heavy atom. The molecule has 1 aliphatic heterocycles. The van der Waals surface area contributed by atoms with Crippen molar-refractivity contribution in [2.24, 2.45) is 5.41 Å². The predicted octanol–water partition coefficient (Wildman–Crippen LogP) is 0.592. The lowest BCUT2D eigenvalue weighted by Crippen LogP contribution is -2.35. The van der Waals surface area contributed by atoms with Crippen molar-refractivity contribution in [2.75, 3.05) is 26.3 Å². The molecule has 5 heteroatoms. The average Bonchev–Trinajstić information content (AvgIpc) is 2.60. The summed E-state index contributed by atoms with van der Waals surface area (Å²) in [5.74, 6) is 0. The fourth-order valence-electron chi connectivity index (χ4n) is 1.61. The maximum atomic E-state index is 10.9. The van der Waals surface area contributed by atoms with Gasteiger partial charge in [0, 0.05) is 19.7 Å². The summed E-state index contributed by atoms with van der Waals surface area (Å²) in [6.45, 7) is 3.38. The van der Waals surface area contributed by atoms with Crippen molar-refractivity contribution >= 4 is 12.4 Å². The van der Waals surface area contributed by atoms with Crippen LogP contribution < -0.4 is 0 Å². The lowest BCUT2D eigenvalue weighted by Gasteiger charge is -2.21. The Morgan fingerprint density at radius 3 is 2.86 bits per heavy atom. The molecule has 1 heterocycles. The predicted molar refractivity (Wildman–Crippen MR) is 49.2 cm³/mol. The first-order chi connectivity index (χ1) is 6.63. The van der Waals surface area contributed by atoms with Crippen molar-refractivity contribution in [1.82, 2.24) is 4.90 Å². The van der Waals surface area contributed by atoms with Gasteiger partial charge in [0.25, 0.3) is 0 Å². The number of rotatable bonds is 4. The van der Waals surface area contributed by atoms with E-state index in [0.29, 0.717) is 26.2 Å². The van der Waals surface area contributed by atoms with Crippen molar-refractivity contribution in [1.29, 1.82) is 0 Å². The quantitative estimate of drug-likeness (QED) is 0.676. The summed E-state index contributed by atoms with van der Waals surface area (Å²) in [6, 6.07) is 0. The Kier molecular flexibility index (Phi) is 3.46. The zero-order chi connectivity index (χ0) is 10.6. The average molecular weight is 201 g/mol. The number of carbonyl (C=O) groups is 2. The molecule has 0 aromatic rings. The Bertz CT molecular complexity index is 231. The number of likely N-dealkylation sites (tertiary alicyclic amines) is 1. The van der Waals surface area contributed by atoms with Gasteiger partial charge in [-0.1, -0.05) is 0 Å². The molecule has 1 amide bonds. The third-order valence-electron chi connectivity index (χ3n) is 2.50. The minimum atomic E-state index is -0.967. The molecule has 1 unspecified atom stereocenters. The number of hydrogen-bond donors (Lipinski definition) is 1. The Morgan fingerprint density at radius 2 is 2.43 bits per heavy atom. The highest BCUT2D eigenvalue weighted by molar-refractivity contribution is 5.69. The largest absolute Gasteiger partial charge is 0.465 e. The number of carboxylic acid groups (broad SMARTS) is 1. The van der Waals surface area contributed by atoms with Gasteiger partial charge in [-0.25, -0.2) is 4.79 Å². The Hall–Kier alpha value is -1.10. The van der Waals surface area contributed by atoms with E-state index in [1.807, 2.05) is 6.92 Å². The van der Waals surface area contributed by atoms with Gasteiger partial charge in [-0.05, 0) is 13.3 Å². The van der Waals surface area contributed by atoms with E-state index >= 15 is 0 Å². The fraction of sp³-hybridized carbons (Fsp3) is 0.778. The molecule has 0 radical (unpaired) electrons. The summed E-state index contributed by atoms with van der Waals surface area (Å²) in [4.78, 5) is 22.8. The summed E-state index contributed by atoms with van der Waals surface area (Å²) >= 11 is 0. The van der Waals surface area contributed by atoms with Crippen LogP contribution in [0.5, 0.6) is 0 Å². The summed E-state index contributed by atoms with van der Waals surface area (Å²) in [5, 5.41) is 8.74. The molecule has 0 spiro atoms. The minimum absolute atomic E-state index is 0.256. The second-order valence-corrected chi connectivity index (χ2v) is 3.57. The third-order valence-corrected chi connectivity index (χ3v) is 2.50. The van der Waals surface area contributed by atoms with E-state index in [4.69, 9.17) is 9.84 Å². The van der Waals surface area contributed by atoms with Crippen LogP contribution in [-0.4, -0.2) is 48.7 Å². The molecule has 1 saturated heterocycles. The van der Waals surface area contributed by atoms with E-state index in [1.165, 1.54) is 4.90 Å². The van der Waals surface area contributed by atoms with Gasteiger partial charge >= 0.3 is 6.09 Å². The topological polar surface area (TPSA) is 66.8 Å². The van der Waals surface area contributed by atoms with Gasteiger partial charge in [-0.15, -0.1) is 0 Å². The zero-order valence-electron chi connectivity index (χ0n) is 8.23.